The number of benzene rings is 2. The minimum Gasteiger partial charge on any atom is -0.474 e. The van der Waals surface area contributed by atoms with Gasteiger partial charge >= 0.3 is 11.4 Å². The molecule has 2 amide bonds. The van der Waals surface area contributed by atoms with Crippen LogP contribution in [0.25, 0.3) is 0 Å². The van der Waals surface area contributed by atoms with Crippen LogP contribution in [-0.4, -0.2) is 47.0 Å². The first-order valence-corrected chi connectivity index (χ1v) is 11.6. The molecule has 2 atom stereocenters. The zero-order valence-corrected chi connectivity index (χ0v) is 20.2. The van der Waals surface area contributed by atoms with E-state index >= 15 is 0 Å². The highest BCUT2D eigenvalue weighted by molar-refractivity contribution is 5.81. The van der Waals surface area contributed by atoms with Crippen LogP contribution in [-0.2, 0) is 9.59 Å². The van der Waals surface area contributed by atoms with Crippen LogP contribution in [0.3, 0.4) is 0 Å². The van der Waals surface area contributed by atoms with Crippen molar-refractivity contribution in [3.8, 4) is 11.5 Å². The lowest BCUT2D eigenvalue weighted by atomic mass is 10.2. The molecule has 0 aromatic heterocycles. The average molecular weight is 503 g/mol. The van der Waals surface area contributed by atoms with Crippen molar-refractivity contribution in [3.05, 3.63) is 68.8 Å². The second-order valence-electron chi connectivity index (χ2n) is 7.97. The highest BCUT2D eigenvalue weighted by Crippen LogP contribution is 2.27. The molecule has 0 aliphatic rings. The Bertz CT molecular complexity index is 978. The number of hydrogen-bond acceptors (Lipinski definition) is 8. The van der Waals surface area contributed by atoms with E-state index in [-0.39, 0.29) is 34.7 Å². The second-order valence-corrected chi connectivity index (χ2v) is 7.97. The van der Waals surface area contributed by atoms with Crippen molar-refractivity contribution < 1.29 is 28.9 Å². The topological polar surface area (TPSA) is 163 Å². The number of rotatable bonds is 15. The van der Waals surface area contributed by atoms with Crippen LogP contribution in [0.4, 0.5) is 11.4 Å². The average Bonchev–Trinajstić information content (AvgIpc) is 2.85. The Balaban J connectivity index is 1.59. The van der Waals surface area contributed by atoms with Gasteiger partial charge in [-0.05, 0) is 38.8 Å². The van der Waals surface area contributed by atoms with E-state index in [0.717, 1.165) is 25.7 Å². The summed E-state index contributed by atoms with van der Waals surface area (Å²) in [5, 5.41) is 27.6. The van der Waals surface area contributed by atoms with Gasteiger partial charge in [-0.25, -0.2) is 0 Å². The van der Waals surface area contributed by atoms with Crippen molar-refractivity contribution in [2.45, 2.75) is 51.7 Å². The summed E-state index contributed by atoms with van der Waals surface area (Å²) >= 11 is 0. The molecular weight excluding hydrogens is 472 g/mol. The highest BCUT2D eigenvalue weighted by Gasteiger charge is 2.21. The summed E-state index contributed by atoms with van der Waals surface area (Å²) in [4.78, 5) is 45.3. The van der Waals surface area contributed by atoms with Gasteiger partial charge in [0.1, 0.15) is 0 Å². The van der Waals surface area contributed by atoms with Crippen molar-refractivity contribution in [2.24, 2.45) is 0 Å². The van der Waals surface area contributed by atoms with Crippen LogP contribution < -0.4 is 20.1 Å². The molecule has 0 fully saturated rings. The maximum Gasteiger partial charge on any atom is 0.310 e. The summed E-state index contributed by atoms with van der Waals surface area (Å²) in [5.41, 5.74) is -0.404. The SMILES string of the molecule is CC(Oc1ccccc1[N+](=O)[O-])C(=O)NCCCCCCNC(=O)C(C)Oc1ccccc1[N+](=O)[O-]. The monoisotopic (exact) mass is 502 g/mol. The van der Waals surface area contributed by atoms with Gasteiger partial charge in [0.15, 0.2) is 23.7 Å². The molecule has 0 saturated heterocycles. The lowest BCUT2D eigenvalue weighted by Gasteiger charge is -2.15. The second kappa shape index (κ2) is 14.2. The molecule has 12 nitrogen and oxygen atoms in total. The van der Waals surface area contributed by atoms with Gasteiger partial charge in [0.2, 0.25) is 0 Å². The van der Waals surface area contributed by atoms with E-state index in [2.05, 4.69) is 10.6 Å². The first-order chi connectivity index (χ1) is 17.2. The number of hydrogen-bond donors (Lipinski definition) is 2. The minimum atomic E-state index is -0.886. The molecule has 0 bridgehead atoms. The Labute approximate surface area is 208 Å². The van der Waals surface area contributed by atoms with Crippen molar-refractivity contribution in [3.63, 3.8) is 0 Å². The first kappa shape index (κ1) is 28.0. The Morgan fingerprint density at radius 3 is 1.44 bits per heavy atom. The van der Waals surface area contributed by atoms with Crippen LogP contribution >= 0.6 is 0 Å². The van der Waals surface area contributed by atoms with Gasteiger partial charge in [-0.2, -0.15) is 0 Å². The largest absolute Gasteiger partial charge is 0.474 e. The number of nitro groups is 2. The van der Waals surface area contributed by atoms with E-state index in [1.165, 1.54) is 50.2 Å². The predicted molar refractivity (Wildman–Crippen MR) is 131 cm³/mol. The first-order valence-electron chi connectivity index (χ1n) is 11.6. The van der Waals surface area contributed by atoms with E-state index in [1.54, 1.807) is 12.1 Å². The van der Waals surface area contributed by atoms with Gasteiger partial charge in [0.25, 0.3) is 11.8 Å². The van der Waals surface area contributed by atoms with Gasteiger partial charge in [-0.1, -0.05) is 37.1 Å². The number of para-hydroxylation sites is 4. The molecule has 12 heteroatoms. The number of nitrogens with one attached hydrogen (secondary N) is 2. The summed E-state index contributed by atoms with van der Waals surface area (Å²) in [7, 11) is 0. The highest BCUT2D eigenvalue weighted by atomic mass is 16.6. The Hall–Kier alpha value is -4.22. The van der Waals surface area contributed by atoms with Crippen molar-refractivity contribution >= 4 is 23.2 Å². The fraction of sp³-hybridized carbons (Fsp3) is 0.417. The lowest BCUT2D eigenvalue weighted by Crippen LogP contribution is -2.37. The van der Waals surface area contributed by atoms with E-state index in [0.29, 0.717) is 13.1 Å². The van der Waals surface area contributed by atoms with E-state index in [9.17, 15) is 29.8 Å². The fourth-order valence-electron chi connectivity index (χ4n) is 3.22. The van der Waals surface area contributed by atoms with Gasteiger partial charge < -0.3 is 20.1 Å². The minimum absolute atomic E-state index is 0.0360. The molecule has 0 radical (unpaired) electrons. The van der Waals surface area contributed by atoms with Gasteiger partial charge in [-0.3, -0.25) is 29.8 Å². The zero-order valence-electron chi connectivity index (χ0n) is 20.2. The molecule has 2 rings (SSSR count). The summed E-state index contributed by atoms with van der Waals surface area (Å²) in [6.07, 6.45) is 1.30. The number of unbranched alkanes of at least 4 members (excludes halogenated alkanes) is 3. The number of nitro benzene ring substituents is 2. The van der Waals surface area contributed by atoms with Crippen molar-refractivity contribution in [1.82, 2.24) is 10.6 Å². The third-order valence-electron chi connectivity index (χ3n) is 5.17. The van der Waals surface area contributed by atoms with Crippen molar-refractivity contribution in [1.29, 1.82) is 0 Å². The Morgan fingerprint density at radius 2 is 1.08 bits per heavy atom. The zero-order chi connectivity index (χ0) is 26.5. The van der Waals surface area contributed by atoms with Crippen molar-refractivity contribution in [2.75, 3.05) is 13.1 Å². The number of carbonyl (C=O) groups excluding carboxylic acids is 2. The number of amides is 2. The molecule has 36 heavy (non-hydrogen) atoms. The smallest absolute Gasteiger partial charge is 0.310 e. The maximum atomic E-state index is 12.2. The summed E-state index contributed by atoms with van der Waals surface area (Å²) in [5.74, 6) is -0.663. The molecule has 0 aliphatic heterocycles. The molecule has 2 unspecified atom stereocenters. The van der Waals surface area contributed by atoms with Crippen LogP contribution in [0.2, 0.25) is 0 Å². The molecule has 0 saturated carbocycles. The van der Waals surface area contributed by atoms with Crippen LogP contribution in [0.15, 0.2) is 48.5 Å². The summed E-state index contributed by atoms with van der Waals surface area (Å²) in [6.45, 7) is 3.90. The van der Waals surface area contributed by atoms with Gasteiger partial charge in [-0.15, -0.1) is 0 Å². The van der Waals surface area contributed by atoms with E-state index in [1.807, 2.05) is 0 Å². The fourth-order valence-corrected chi connectivity index (χ4v) is 3.22. The number of ether oxygens (including phenoxy) is 2. The third-order valence-corrected chi connectivity index (χ3v) is 5.17. The number of nitrogens with zero attached hydrogens (tertiary/aromatic N) is 2. The summed E-state index contributed by atoms with van der Waals surface area (Å²) < 4.78 is 10.9. The summed E-state index contributed by atoms with van der Waals surface area (Å²) in [6, 6.07) is 11.7. The molecule has 0 spiro atoms. The van der Waals surface area contributed by atoms with Crippen LogP contribution in [0.1, 0.15) is 39.5 Å². The maximum absolute atomic E-state index is 12.2. The molecular formula is C24H30N4O8. The molecule has 194 valence electrons. The van der Waals surface area contributed by atoms with E-state index in [4.69, 9.17) is 9.47 Å². The molecule has 0 heterocycles. The lowest BCUT2D eigenvalue weighted by molar-refractivity contribution is -0.386. The van der Waals surface area contributed by atoms with Crippen LogP contribution in [0, 0.1) is 20.2 Å². The van der Waals surface area contributed by atoms with Crippen LogP contribution in [0.5, 0.6) is 11.5 Å². The van der Waals surface area contributed by atoms with Gasteiger partial charge in [0, 0.05) is 25.2 Å². The molecule has 2 N–H and O–H groups in total. The standard InChI is InChI=1S/C24H30N4O8/c1-17(35-21-13-7-5-11-19(21)27(31)32)23(29)25-15-9-3-4-10-16-26-24(30)18(2)36-22-14-8-6-12-20(22)28(33)34/h5-8,11-14,17-18H,3-4,9-10,15-16H2,1-2H3,(H,25,29)(H,26,30). The normalized spacial score (nSPS) is 12.2. The third kappa shape index (κ3) is 8.85. The Morgan fingerprint density at radius 1 is 0.722 bits per heavy atom. The quantitative estimate of drug-likeness (QED) is 0.212. The molecule has 2 aromatic rings. The molecule has 0 aliphatic carbocycles. The molecule has 2 aromatic carbocycles. The predicted octanol–water partition coefficient (Wildman–Crippen LogP) is 3.53. The Kier molecular flexibility index (Phi) is 11.1. The van der Waals surface area contributed by atoms with E-state index < -0.39 is 22.1 Å². The number of carbonyl (C=O) groups is 2. The van der Waals surface area contributed by atoms with Gasteiger partial charge in [0.05, 0.1) is 9.85 Å².